The van der Waals surface area contributed by atoms with Crippen LogP contribution in [-0.4, -0.2) is 48.8 Å². The van der Waals surface area contributed by atoms with E-state index in [4.69, 9.17) is 0 Å². The van der Waals surface area contributed by atoms with Gasteiger partial charge >= 0.3 is 12.2 Å². The third-order valence-electron chi connectivity index (χ3n) is 3.51. The first-order valence-electron chi connectivity index (χ1n) is 8.05. The smallest absolute Gasteiger partial charge is 0.338 e. The zero-order valence-corrected chi connectivity index (χ0v) is 15.4. The van der Waals surface area contributed by atoms with Crippen LogP contribution in [0, 0.1) is 6.92 Å². The largest absolute Gasteiger partial charge is 0.401 e. The summed E-state index contributed by atoms with van der Waals surface area (Å²) in [6.07, 6.45) is -3.77. The minimum atomic E-state index is -4.21. The molecular weight excluding hydrogens is 365 g/mol. The predicted octanol–water partition coefficient (Wildman–Crippen LogP) is 4.12. The number of aromatic nitrogens is 1. The fraction of sp³-hybridized carbons (Fsp3) is 0.412. The van der Waals surface area contributed by atoms with Gasteiger partial charge < -0.3 is 10.6 Å². The number of thiazole rings is 1. The summed E-state index contributed by atoms with van der Waals surface area (Å²) in [4.78, 5) is 17.4. The number of alkyl halides is 3. The zero-order chi connectivity index (χ0) is 19.2. The maximum atomic E-state index is 12.2. The maximum Gasteiger partial charge on any atom is 0.401 e. The van der Waals surface area contributed by atoms with Gasteiger partial charge in [-0.3, -0.25) is 4.90 Å². The lowest BCUT2D eigenvalue weighted by Gasteiger charge is -2.18. The van der Waals surface area contributed by atoms with Gasteiger partial charge in [0.1, 0.15) is 0 Å². The lowest BCUT2D eigenvalue weighted by atomic mass is 10.1. The third kappa shape index (κ3) is 7.01. The van der Waals surface area contributed by atoms with Crippen LogP contribution in [-0.2, 0) is 0 Å². The van der Waals surface area contributed by atoms with E-state index in [1.807, 2.05) is 24.4 Å². The summed E-state index contributed by atoms with van der Waals surface area (Å²) >= 11 is 1.57. The van der Waals surface area contributed by atoms with Crippen molar-refractivity contribution in [2.24, 2.45) is 0 Å². The molecule has 2 amide bonds. The average molecular weight is 386 g/mol. The van der Waals surface area contributed by atoms with Crippen molar-refractivity contribution in [2.45, 2.75) is 19.5 Å². The molecule has 0 aliphatic carbocycles. The zero-order valence-electron chi connectivity index (χ0n) is 14.6. The molecule has 1 aromatic carbocycles. The summed E-state index contributed by atoms with van der Waals surface area (Å²) < 4.78 is 36.6. The van der Waals surface area contributed by atoms with E-state index in [0.29, 0.717) is 18.7 Å². The first-order valence-corrected chi connectivity index (χ1v) is 8.93. The second kappa shape index (κ2) is 9.00. The molecule has 0 bridgehead atoms. The van der Waals surface area contributed by atoms with Crippen LogP contribution < -0.4 is 10.6 Å². The van der Waals surface area contributed by atoms with Gasteiger partial charge in [-0.2, -0.15) is 13.2 Å². The van der Waals surface area contributed by atoms with Gasteiger partial charge in [-0.25, -0.2) is 9.78 Å². The second-order valence-corrected chi connectivity index (χ2v) is 6.98. The number of halogens is 3. The summed E-state index contributed by atoms with van der Waals surface area (Å²) in [5.74, 6) is 0. The van der Waals surface area contributed by atoms with Crippen molar-refractivity contribution in [3.63, 3.8) is 0 Å². The normalized spacial score (nSPS) is 11.6. The predicted molar refractivity (Wildman–Crippen MR) is 97.5 cm³/mol. The first-order chi connectivity index (χ1) is 12.2. The van der Waals surface area contributed by atoms with E-state index in [2.05, 4.69) is 15.6 Å². The summed E-state index contributed by atoms with van der Waals surface area (Å²) in [5, 5.41) is 8.28. The minimum Gasteiger partial charge on any atom is -0.338 e. The second-order valence-electron chi connectivity index (χ2n) is 5.92. The Kier molecular flexibility index (Phi) is 6.98. The van der Waals surface area contributed by atoms with Gasteiger partial charge in [0.25, 0.3) is 0 Å². The number of aryl methyl sites for hydroxylation is 1. The highest BCUT2D eigenvalue weighted by Gasteiger charge is 2.28. The van der Waals surface area contributed by atoms with E-state index >= 15 is 0 Å². The molecule has 1 heterocycles. The van der Waals surface area contributed by atoms with E-state index in [0.717, 1.165) is 16.3 Å². The Hall–Kier alpha value is -2.13. The molecule has 0 aliphatic heterocycles. The summed E-state index contributed by atoms with van der Waals surface area (Å²) in [6, 6.07) is 6.91. The van der Waals surface area contributed by atoms with Gasteiger partial charge in [0, 0.05) is 23.2 Å². The molecule has 142 valence electrons. The Bertz CT molecular complexity index is 716. The molecular formula is C17H21F3N4OS. The molecule has 26 heavy (non-hydrogen) atoms. The molecule has 0 radical (unpaired) electrons. The van der Waals surface area contributed by atoms with E-state index < -0.39 is 12.7 Å². The molecule has 0 aliphatic rings. The Balaban J connectivity index is 1.71. The van der Waals surface area contributed by atoms with E-state index in [1.165, 1.54) is 11.9 Å². The fourth-order valence-electron chi connectivity index (χ4n) is 2.33. The summed E-state index contributed by atoms with van der Waals surface area (Å²) in [6.45, 7) is 1.53. The van der Waals surface area contributed by atoms with Crippen molar-refractivity contribution in [1.82, 2.24) is 15.2 Å². The molecule has 5 nitrogen and oxygen atoms in total. The third-order valence-corrected chi connectivity index (χ3v) is 4.28. The molecule has 2 aromatic rings. The van der Waals surface area contributed by atoms with Crippen molar-refractivity contribution in [1.29, 1.82) is 0 Å². The number of urea groups is 1. The van der Waals surface area contributed by atoms with E-state index in [9.17, 15) is 18.0 Å². The molecule has 0 spiro atoms. The van der Waals surface area contributed by atoms with Crippen LogP contribution in [0.5, 0.6) is 0 Å². The van der Waals surface area contributed by atoms with E-state index in [-0.39, 0.29) is 12.6 Å². The average Bonchev–Trinajstić information content (AvgIpc) is 2.97. The number of amides is 2. The molecule has 0 unspecified atom stereocenters. The number of hydrogen-bond acceptors (Lipinski definition) is 4. The van der Waals surface area contributed by atoms with E-state index in [1.54, 1.807) is 23.5 Å². The van der Waals surface area contributed by atoms with Gasteiger partial charge in [-0.05, 0) is 39.1 Å². The fourth-order valence-corrected chi connectivity index (χ4v) is 2.95. The monoisotopic (exact) mass is 386 g/mol. The van der Waals surface area contributed by atoms with Crippen molar-refractivity contribution < 1.29 is 18.0 Å². The van der Waals surface area contributed by atoms with Gasteiger partial charge in [0.05, 0.1) is 17.2 Å². The number of benzene rings is 1. The maximum absolute atomic E-state index is 12.2. The molecule has 0 saturated heterocycles. The SMILES string of the molecule is Cc1nc(-c2ccc(NC(=O)NCCCN(C)CC(F)(F)F)cc2)cs1. The molecule has 9 heteroatoms. The molecule has 0 atom stereocenters. The first kappa shape index (κ1) is 20.2. The van der Waals surface area contributed by atoms with Crippen LogP contribution in [0.15, 0.2) is 29.6 Å². The van der Waals surface area contributed by atoms with Crippen LogP contribution in [0.25, 0.3) is 11.3 Å². The molecule has 2 N–H and O–H groups in total. The van der Waals surface area contributed by atoms with Gasteiger partial charge in [0.15, 0.2) is 0 Å². The molecule has 0 saturated carbocycles. The quantitative estimate of drug-likeness (QED) is 0.704. The molecule has 2 rings (SSSR count). The van der Waals surface area contributed by atoms with Crippen molar-refractivity contribution in [3.05, 3.63) is 34.7 Å². The summed E-state index contributed by atoms with van der Waals surface area (Å²) in [7, 11) is 1.40. The Morgan fingerprint density at radius 1 is 1.27 bits per heavy atom. The minimum absolute atomic E-state index is 0.252. The van der Waals surface area contributed by atoms with Crippen molar-refractivity contribution in [3.8, 4) is 11.3 Å². The Morgan fingerprint density at radius 2 is 1.96 bits per heavy atom. The standard InChI is InChI=1S/C17H21F3N4OS/c1-12-22-15(10-26-12)13-4-6-14(7-5-13)23-16(25)21-8-3-9-24(2)11-17(18,19)20/h4-7,10H,3,8-9,11H2,1-2H3,(H2,21,23,25). The van der Waals surface area contributed by atoms with Crippen LogP contribution in [0.3, 0.4) is 0 Å². The number of nitrogens with one attached hydrogen (secondary N) is 2. The Labute approximate surface area is 154 Å². The van der Waals surface area contributed by atoms with Crippen LogP contribution >= 0.6 is 11.3 Å². The number of carbonyl (C=O) groups is 1. The topological polar surface area (TPSA) is 57.3 Å². The summed E-state index contributed by atoms with van der Waals surface area (Å²) in [5.41, 5.74) is 2.49. The van der Waals surface area contributed by atoms with Crippen molar-refractivity contribution >= 4 is 23.1 Å². The van der Waals surface area contributed by atoms with Crippen molar-refractivity contribution in [2.75, 3.05) is 32.0 Å². The molecule has 1 aromatic heterocycles. The lowest BCUT2D eigenvalue weighted by Crippen LogP contribution is -2.34. The number of hydrogen-bond donors (Lipinski definition) is 2. The lowest BCUT2D eigenvalue weighted by molar-refractivity contribution is -0.143. The van der Waals surface area contributed by atoms with Gasteiger partial charge in [0.2, 0.25) is 0 Å². The van der Waals surface area contributed by atoms with Crippen LogP contribution in [0.1, 0.15) is 11.4 Å². The highest BCUT2D eigenvalue weighted by atomic mass is 32.1. The Morgan fingerprint density at radius 3 is 2.54 bits per heavy atom. The number of nitrogens with zero attached hydrogens (tertiary/aromatic N) is 2. The number of carbonyl (C=O) groups excluding carboxylic acids is 1. The molecule has 0 fully saturated rings. The number of anilines is 1. The highest BCUT2D eigenvalue weighted by molar-refractivity contribution is 7.09. The van der Waals surface area contributed by atoms with Gasteiger partial charge in [-0.1, -0.05) is 12.1 Å². The van der Waals surface area contributed by atoms with Crippen LogP contribution in [0.4, 0.5) is 23.7 Å². The van der Waals surface area contributed by atoms with Gasteiger partial charge in [-0.15, -0.1) is 11.3 Å². The highest BCUT2D eigenvalue weighted by Crippen LogP contribution is 2.23. The number of rotatable bonds is 7. The van der Waals surface area contributed by atoms with Crippen LogP contribution in [0.2, 0.25) is 0 Å².